The SMILES string of the molecule is OC(CNc1cc(F)ccc1F)c1ccc(F)cc1F. The maximum Gasteiger partial charge on any atom is 0.146 e. The molecule has 2 rings (SSSR count). The van der Waals surface area contributed by atoms with Gasteiger partial charge in [0.1, 0.15) is 23.3 Å². The summed E-state index contributed by atoms with van der Waals surface area (Å²) in [5, 5.41) is 12.2. The fraction of sp³-hybridized carbons (Fsp3) is 0.143. The Morgan fingerprint density at radius 2 is 1.55 bits per heavy atom. The molecule has 0 bridgehead atoms. The van der Waals surface area contributed by atoms with E-state index in [-0.39, 0.29) is 17.8 Å². The number of rotatable bonds is 4. The lowest BCUT2D eigenvalue weighted by atomic mass is 10.1. The minimum absolute atomic E-state index is 0.129. The van der Waals surface area contributed by atoms with Gasteiger partial charge >= 0.3 is 0 Å². The van der Waals surface area contributed by atoms with E-state index in [9.17, 15) is 22.7 Å². The Balaban J connectivity index is 2.08. The van der Waals surface area contributed by atoms with Gasteiger partial charge in [-0.1, -0.05) is 6.07 Å². The van der Waals surface area contributed by atoms with Crippen molar-refractivity contribution in [3.05, 3.63) is 65.2 Å². The molecule has 0 radical (unpaired) electrons. The summed E-state index contributed by atoms with van der Waals surface area (Å²) in [7, 11) is 0. The number of nitrogens with one attached hydrogen (secondary N) is 1. The topological polar surface area (TPSA) is 32.3 Å². The average molecular weight is 285 g/mol. The summed E-state index contributed by atoms with van der Waals surface area (Å²) in [6.07, 6.45) is -1.32. The Hall–Kier alpha value is -2.08. The standard InChI is InChI=1S/C14H11F4NO/c15-8-1-3-10(12(18)5-8)14(20)7-19-13-6-9(16)2-4-11(13)17/h1-6,14,19-20H,7H2. The minimum atomic E-state index is -1.32. The number of benzene rings is 2. The zero-order chi connectivity index (χ0) is 14.7. The largest absolute Gasteiger partial charge is 0.386 e. The average Bonchev–Trinajstić information content (AvgIpc) is 2.39. The minimum Gasteiger partial charge on any atom is -0.386 e. The van der Waals surface area contributed by atoms with Gasteiger partial charge in [0, 0.05) is 18.2 Å². The van der Waals surface area contributed by atoms with Gasteiger partial charge in [-0.3, -0.25) is 0 Å². The van der Waals surface area contributed by atoms with Gasteiger partial charge < -0.3 is 10.4 Å². The van der Waals surface area contributed by atoms with Crippen molar-refractivity contribution in [2.75, 3.05) is 11.9 Å². The maximum atomic E-state index is 13.4. The molecule has 0 aliphatic heterocycles. The van der Waals surface area contributed by atoms with E-state index in [1.54, 1.807) is 0 Å². The van der Waals surface area contributed by atoms with E-state index >= 15 is 0 Å². The van der Waals surface area contributed by atoms with E-state index in [0.717, 1.165) is 30.3 Å². The first kappa shape index (κ1) is 14.3. The summed E-state index contributed by atoms with van der Waals surface area (Å²) in [4.78, 5) is 0. The van der Waals surface area contributed by atoms with E-state index in [0.29, 0.717) is 6.07 Å². The third-order valence-corrected chi connectivity index (χ3v) is 2.74. The van der Waals surface area contributed by atoms with Crippen molar-refractivity contribution in [3.63, 3.8) is 0 Å². The molecule has 0 spiro atoms. The first-order valence-corrected chi connectivity index (χ1v) is 5.79. The molecule has 2 aromatic carbocycles. The molecule has 0 saturated carbocycles. The van der Waals surface area contributed by atoms with E-state index in [1.165, 1.54) is 0 Å². The van der Waals surface area contributed by atoms with Gasteiger partial charge in [-0.15, -0.1) is 0 Å². The molecule has 0 amide bonds. The molecule has 1 atom stereocenters. The molecule has 1 unspecified atom stereocenters. The third-order valence-electron chi connectivity index (χ3n) is 2.74. The highest BCUT2D eigenvalue weighted by molar-refractivity contribution is 5.45. The number of hydrogen-bond acceptors (Lipinski definition) is 2. The number of hydrogen-bond donors (Lipinski definition) is 2. The van der Waals surface area contributed by atoms with E-state index < -0.39 is 29.4 Å². The predicted molar refractivity (Wildman–Crippen MR) is 66.2 cm³/mol. The molecule has 0 saturated heterocycles. The molecule has 0 heterocycles. The Labute approximate surface area is 112 Å². The van der Waals surface area contributed by atoms with Crippen LogP contribution >= 0.6 is 0 Å². The van der Waals surface area contributed by atoms with Crippen LogP contribution in [0, 0.1) is 23.3 Å². The van der Waals surface area contributed by atoms with Crippen molar-refractivity contribution in [1.29, 1.82) is 0 Å². The number of halogens is 4. The molecule has 2 nitrogen and oxygen atoms in total. The molecule has 0 aliphatic carbocycles. The van der Waals surface area contributed by atoms with Crippen LogP contribution in [0.1, 0.15) is 11.7 Å². The normalized spacial score (nSPS) is 12.2. The molecule has 106 valence electrons. The van der Waals surface area contributed by atoms with Crippen LogP contribution in [0.5, 0.6) is 0 Å². The van der Waals surface area contributed by atoms with Crippen molar-refractivity contribution in [2.45, 2.75) is 6.10 Å². The Kier molecular flexibility index (Phi) is 4.24. The Morgan fingerprint density at radius 1 is 0.900 bits per heavy atom. The summed E-state index contributed by atoms with van der Waals surface area (Å²) < 4.78 is 52.4. The van der Waals surface area contributed by atoms with Crippen LogP contribution in [0.15, 0.2) is 36.4 Å². The first-order chi connectivity index (χ1) is 9.47. The van der Waals surface area contributed by atoms with Crippen LogP contribution in [-0.4, -0.2) is 11.7 Å². The molecule has 20 heavy (non-hydrogen) atoms. The summed E-state index contributed by atoms with van der Waals surface area (Å²) in [5.41, 5.74) is -0.276. The van der Waals surface area contributed by atoms with Gasteiger partial charge in [-0.25, -0.2) is 17.6 Å². The predicted octanol–water partition coefficient (Wildman–Crippen LogP) is 3.39. The monoisotopic (exact) mass is 285 g/mol. The molecule has 6 heteroatoms. The molecular weight excluding hydrogens is 274 g/mol. The summed E-state index contributed by atoms with van der Waals surface area (Å²) in [5.74, 6) is -3.00. The lowest BCUT2D eigenvalue weighted by Gasteiger charge is -2.14. The zero-order valence-electron chi connectivity index (χ0n) is 10.2. The molecule has 2 aromatic rings. The van der Waals surface area contributed by atoms with Crippen LogP contribution < -0.4 is 5.32 Å². The van der Waals surface area contributed by atoms with Crippen molar-refractivity contribution < 1.29 is 22.7 Å². The Morgan fingerprint density at radius 3 is 2.25 bits per heavy atom. The highest BCUT2D eigenvalue weighted by atomic mass is 19.1. The van der Waals surface area contributed by atoms with Crippen LogP contribution in [0.3, 0.4) is 0 Å². The van der Waals surface area contributed by atoms with Gasteiger partial charge in [0.25, 0.3) is 0 Å². The van der Waals surface area contributed by atoms with Gasteiger partial charge in [-0.05, 0) is 24.3 Å². The summed E-state index contributed by atoms with van der Waals surface area (Å²) in [6.45, 7) is -0.247. The second-order valence-corrected chi connectivity index (χ2v) is 4.19. The number of aliphatic hydroxyl groups is 1. The highest BCUT2D eigenvalue weighted by Gasteiger charge is 2.14. The van der Waals surface area contributed by atoms with Crippen LogP contribution in [0.2, 0.25) is 0 Å². The Bertz CT molecular complexity index is 618. The molecule has 2 N–H and O–H groups in total. The molecule has 0 aliphatic rings. The number of aliphatic hydroxyl groups excluding tert-OH is 1. The van der Waals surface area contributed by atoms with Crippen molar-refractivity contribution >= 4 is 5.69 Å². The van der Waals surface area contributed by atoms with Crippen LogP contribution in [-0.2, 0) is 0 Å². The van der Waals surface area contributed by atoms with Gasteiger partial charge in [0.05, 0.1) is 11.8 Å². The van der Waals surface area contributed by atoms with Gasteiger partial charge in [0.15, 0.2) is 0 Å². The summed E-state index contributed by atoms with van der Waals surface area (Å²) in [6, 6.07) is 5.55. The number of anilines is 1. The van der Waals surface area contributed by atoms with E-state index in [4.69, 9.17) is 0 Å². The zero-order valence-corrected chi connectivity index (χ0v) is 10.2. The second kappa shape index (κ2) is 5.92. The summed E-state index contributed by atoms with van der Waals surface area (Å²) >= 11 is 0. The molecule has 0 fully saturated rings. The van der Waals surface area contributed by atoms with Crippen LogP contribution in [0.4, 0.5) is 23.2 Å². The lowest BCUT2D eigenvalue weighted by Crippen LogP contribution is -2.14. The molecular formula is C14H11F4NO. The first-order valence-electron chi connectivity index (χ1n) is 5.79. The van der Waals surface area contributed by atoms with E-state index in [2.05, 4.69) is 5.32 Å². The molecule has 0 aromatic heterocycles. The van der Waals surface area contributed by atoms with E-state index in [1.807, 2.05) is 0 Å². The quantitative estimate of drug-likeness (QED) is 0.844. The highest BCUT2D eigenvalue weighted by Crippen LogP contribution is 2.20. The van der Waals surface area contributed by atoms with Crippen molar-refractivity contribution in [1.82, 2.24) is 0 Å². The van der Waals surface area contributed by atoms with Crippen molar-refractivity contribution in [2.24, 2.45) is 0 Å². The van der Waals surface area contributed by atoms with Gasteiger partial charge in [0.2, 0.25) is 0 Å². The second-order valence-electron chi connectivity index (χ2n) is 4.19. The maximum absolute atomic E-state index is 13.4. The van der Waals surface area contributed by atoms with Crippen molar-refractivity contribution in [3.8, 4) is 0 Å². The lowest BCUT2D eigenvalue weighted by molar-refractivity contribution is 0.186. The fourth-order valence-electron chi connectivity index (χ4n) is 1.72. The fourth-order valence-corrected chi connectivity index (χ4v) is 1.72. The van der Waals surface area contributed by atoms with Gasteiger partial charge in [-0.2, -0.15) is 0 Å². The smallest absolute Gasteiger partial charge is 0.146 e. The van der Waals surface area contributed by atoms with Crippen LogP contribution in [0.25, 0.3) is 0 Å². The third kappa shape index (κ3) is 3.27.